The van der Waals surface area contributed by atoms with Crippen molar-refractivity contribution in [2.24, 2.45) is 5.92 Å². The molecule has 0 aliphatic heterocycles. The summed E-state index contributed by atoms with van der Waals surface area (Å²) in [5.41, 5.74) is 0.679. The first kappa shape index (κ1) is 15.9. The highest BCUT2D eigenvalue weighted by molar-refractivity contribution is 5.94. The van der Waals surface area contributed by atoms with E-state index in [0.717, 1.165) is 0 Å². The minimum Gasteiger partial charge on any atom is -0.481 e. The zero-order valence-electron chi connectivity index (χ0n) is 12.0. The average molecular weight is 280 g/mol. The Balaban J connectivity index is 2.89. The minimum atomic E-state index is -0.962. The van der Waals surface area contributed by atoms with Gasteiger partial charge in [0.2, 0.25) is 5.56 Å². The third-order valence-electron chi connectivity index (χ3n) is 2.78. The Morgan fingerprint density at radius 2 is 2.00 bits per heavy atom. The van der Waals surface area contributed by atoms with Crippen LogP contribution in [0.1, 0.15) is 36.3 Å². The lowest BCUT2D eigenvalue weighted by molar-refractivity contribution is -0.137. The van der Waals surface area contributed by atoms with Gasteiger partial charge in [0.1, 0.15) is 0 Å². The van der Waals surface area contributed by atoms with E-state index in [9.17, 15) is 14.4 Å². The summed E-state index contributed by atoms with van der Waals surface area (Å²) in [5, 5.41) is 8.61. The lowest BCUT2D eigenvalue weighted by atomic mass is 10.1. The molecule has 1 rings (SSSR count). The van der Waals surface area contributed by atoms with Crippen molar-refractivity contribution in [3.05, 3.63) is 33.7 Å². The van der Waals surface area contributed by atoms with Gasteiger partial charge in [-0.1, -0.05) is 13.8 Å². The monoisotopic (exact) mass is 280 g/mol. The summed E-state index contributed by atoms with van der Waals surface area (Å²) in [6.07, 6.45) is 0.555. The van der Waals surface area contributed by atoms with Crippen LogP contribution in [0.3, 0.4) is 0 Å². The highest BCUT2D eigenvalue weighted by Crippen LogP contribution is 2.08. The van der Waals surface area contributed by atoms with Crippen molar-refractivity contribution >= 4 is 11.9 Å². The second kappa shape index (κ2) is 6.88. The summed E-state index contributed by atoms with van der Waals surface area (Å²) in [6, 6.07) is 2.89. The number of pyridine rings is 1. The summed E-state index contributed by atoms with van der Waals surface area (Å²) >= 11 is 0. The van der Waals surface area contributed by atoms with E-state index in [1.165, 1.54) is 18.0 Å². The van der Waals surface area contributed by atoms with Crippen molar-refractivity contribution in [1.82, 2.24) is 9.88 Å². The smallest absolute Gasteiger partial charge is 0.305 e. The van der Waals surface area contributed by atoms with E-state index in [1.807, 2.05) is 13.8 Å². The number of carboxylic acids is 1. The molecule has 110 valence electrons. The maximum atomic E-state index is 12.1. The number of H-pyrrole nitrogens is 1. The van der Waals surface area contributed by atoms with Crippen LogP contribution in [0, 0.1) is 5.92 Å². The molecule has 0 saturated carbocycles. The molecule has 6 nitrogen and oxygen atoms in total. The van der Waals surface area contributed by atoms with Crippen LogP contribution in [0.15, 0.2) is 16.9 Å². The molecule has 0 aromatic carbocycles. The van der Waals surface area contributed by atoms with Crippen LogP contribution in [0.4, 0.5) is 0 Å². The van der Waals surface area contributed by atoms with Crippen LogP contribution < -0.4 is 5.56 Å². The van der Waals surface area contributed by atoms with Gasteiger partial charge in [-0.25, -0.2) is 0 Å². The average Bonchev–Trinajstić information content (AvgIpc) is 2.33. The number of rotatable bonds is 6. The standard InChI is InChI=1S/C14H20N2O4/c1-9(2)6-11-7-10(8-12(17)15-11)14(20)16(3)5-4-13(18)19/h7-9H,4-6H2,1-3H3,(H,15,17)(H,18,19). The lowest BCUT2D eigenvalue weighted by Crippen LogP contribution is -2.30. The van der Waals surface area contributed by atoms with Crippen LogP contribution in [0.2, 0.25) is 0 Å². The predicted molar refractivity (Wildman–Crippen MR) is 74.8 cm³/mol. The molecular formula is C14H20N2O4. The number of nitrogens with one attached hydrogen (secondary N) is 1. The van der Waals surface area contributed by atoms with Gasteiger partial charge >= 0.3 is 5.97 Å². The van der Waals surface area contributed by atoms with E-state index in [1.54, 1.807) is 6.07 Å². The van der Waals surface area contributed by atoms with E-state index in [2.05, 4.69) is 4.98 Å². The van der Waals surface area contributed by atoms with Crippen molar-refractivity contribution in [2.75, 3.05) is 13.6 Å². The van der Waals surface area contributed by atoms with Crippen LogP contribution in [-0.4, -0.2) is 40.5 Å². The molecule has 1 amide bonds. The molecular weight excluding hydrogens is 260 g/mol. The quantitative estimate of drug-likeness (QED) is 0.817. The van der Waals surface area contributed by atoms with Crippen LogP contribution >= 0.6 is 0 Å². The van der Waals surface area contributed by atoms with Crippen LogP contribution in [0.5, 0.6) is 0 Å². The van der Waals surface area contributed by atoms with E-state index >= 15 is 0 Å². The van der Waals surface area contributed by atoms with Gasteiger partial charge in [0.15, 0.2) is 0 Å². The van der Waals surface area contributed by atoms with Crippen molar-refractivity contribution in [2.45, 2.75) is 26.7 Å². The van der Waals surface area contributed by atoms with Crippen molar-refractivity contribution in [3.63, 3.8) is 0 Å². The van der Waals surface area contributed by atoms with E-state index in [-0.39, 0.29) is 30.0 Å². The second-order valence-electron chi connectivity index (χ2n) is 5.23. The van der Waals surface area contributed by atoms with Crippen molar-refractivity contribution in [3.8, 4) is 0 Å². The summed E-state index contributed by atoms with van der Waals surface area (Å²) in [5.74, 6) is -0.945. The molecule has 0 fully saturated rings. The molecule has 1 aromatic rings. The molecule has 20 heavy (non-hydrogen) atoms. The summed E-state index contributed by atoms with van der Waals surface area (Å²) in [4.78, 5) is 38.2. The minimum absolute atomic E-state index is 0.112. The van der Waals surface area contributed by atoms with Gasteiger partial charge in [-0.15, -0.1) is 0 Å². The van der Waals surface area contributed by atoms with E-state index < -0.39 is 5.97 Å². The topological polar surface area (TPSA) is 90.5 Å². The van der Waals surface area contributed by atoms with Crippen LogP contribution in [0.25, 0.3) is 0 Å². The number of carbonyl (C=O) groups excluding carboxylic acids is 1. The molecule has 0 bridgehead atoms. The summed E-state index contributed by atoms with van der Waals surface area (Å²) in [6.45, 7) is 4.15. The molecule has 1 heterocycles. The normalized spacial score (nSPS) is 10.6. The largest absolute Gasteiger partial charge is 0.481 e. The van der Waals surface area contributed by atoms with Gasteiger partial charge in [-0.05, 0) is 18.4 Å². The highest BCUT2D eigenvalue weighted by atomic mass is 16.4. The molecule has 1 aromatic heterocycles. The van der Waals surface area contributed by atoms with Gasteiger partial charge in [-0.2, -0.15) is 0 Å². The maximum absolute atomic E-state index is 12.1. The molecule has 0 unspecified atom stereocenters. The van der Waals surface area contributed by atoms with E-state index in [4.69, 9.17) is 5.11 Å². The SMILES string of the molecule is CC(C)Cc1cc(C(=O)N(C)CCC(=O)O)cc(=O)[nH]1. The fourth-order valence-electron chi connectivity index (χ4n) is 1.86. The van der Waals surface area contributed by atoms with Crippen LogP contribution in [-0.2, 0) is 11.2 Å². The molecule has 0 atom stereocenters. The zero-order valence-corrected chi connectivity index (χ0v) is 12.0. The maximum Gasteiger partial charge on any atom is 0.305 e. The first-order valence-corrected chi connectivity index (χ1v) is 6.50. The Morgan fingerprint density at radius 3 is 2.55 bits per heavy atom. The fraction of sp³-hybridized carbons (Fsp3) is 0.500. The van der Waals surface area contributed by atoms with Gasteiger partial charge in [0.25, 0.3) is 5.91 Å². The number of aliphatic carboxylic acids is 1. The highest BCUT2D eigenvalue weighted by Gasteiger charge is 2.14. The fourth-order valence-corrected chi connectivity index (χ4v) is 1.86. The first-order chi connectivity index (χ1) is 9.29. The molecule has 0 saturated heterocycles. The van der Waals surface area contributed by atoms with Gasteiger partial charge in [-0.3, -0.25) is 14.4 Å². The Morgan fingerprint density at radius 1 is 1.35 bits per heavy atom. The van der Waals surface area contributed by atoms with Gasteiger partial charge in [0, 0.05) is 30.9 Å². The molecule has 2 N–H and O–H groups in total. The number of hydrogen-bond donors (Lipinski definition) is 2. The molecule has 0 radical (unpaired) electrons. The van der Waals surface area contributed by atoms with Gasteiger partial charge in [0.05, 0.1) is 6.42 Å². The summed E-state index contributed by atoms with van der Waals surface area (Å²) in [7, 11) is 1.52. The Kier molecular flexibility index (Phi) is 5.49. The number of carboxylic acid groups (broad SMARTS) is 1. The first-order valence-electron chi connectivity index (χ1n) is 6.50. The number of amides is 1. The molecule has 0 spiro atoms. The number of nitrogens with zero attached hydrogens (tertiary/aromatic N) is 1. The number of hydrogen-bond acceptors (Lipinski definition) is 3. The summed E-state index contributed by atoms with van der Waals surface area (Å²) < 4.78 is 0. The van der Waals surface area contributed by atoms with Crippen molar-refractivity contribution in [1.29, 1.82) is 0 Å². The second-order valence-corrected chi connectivity index (χ2v) is 5.23. The predicted octanol–water partition coefficient (Wildman–Crippen LogP) is 1.12. The van der Waals surface area contributed by atoms with E-state index in [0.29, 0.717) is 18.0 Å². The van der Waals surface area contributed by atoms with Crippen molar-refractivity contribution < 1.29 is 14.7 Å². The third kappa shape index (κ3) is 4.87. The number of aromatic nitrogens is 1. The molecule has 0 aliphatic carbocycles. The molecule has 6 heteroatoms. The molecule has 0 aliphatic rings. The Bertz CT molecular complexity index is 548. The Labute approximate surface area is 117 Å². The lowest BCUT2D eigenvalue weighted by Gasteiger charge is -2.16. The number of carbonyl (C=O) groups is 2. The Hall–Kier alpha value is -2.11. The van der Waals surface area contributed by atoms with Gasteiger partial charge < -0.3 is 15.0 Å². The zero-order chi connectivity index (χ0) is 15.3. The number of aromatic amines is 1. The third-order valence-corrected chi connectivity index (χ3v) is 2.78.